The van der Waals surface area contributed by atoms with Crippen molar-refractivity contribution < 1.29 is 9.53 Å². The first kappa shape index (κ1) is 19.1. The van der Waals surface area contributed by atoms with E-state index in [1.807, 2.05) is 35.2 Å². The van der Waals surface area contributed by atoms with Gasteiger partial charge in [0.1, 0.15) is 11.6 Å². The van der Waals surface area contributed by atoms with Gasteiger partial charge in [-0.15, -0.1) is 16.8 Å². The van der Waals surface area contributed by atoms with Gasteiger partial charge < -0.3 is 14.2 Å². The first-order chi connectivity index (χ1) is 13.7. The molecular formula is C21H26N4O2S. The van der Waals surface area contributed by atoms with E-state index in [1.54, 1.807) is 7.11 Å². The number of nitrogens with zero attached hydrogens (tertiary/aromatic N) is 4. The summed E-state index contributed by atoms with van der Waals surface area (Å²) in [6.45, 7) is 5.17. The SMILES string of the molecule is C=CCn1c(SCC(=O)N(Cc2ccc(OC)cc2)C2CC2)nnc1C1CC1. The molecular weight excluding hydrogens is 372 g/mol. The number of allylic oxidation sites excluding steroid dienone is 1. The van der Waals surface area contributed by atoms with Crippen LogP contribution in [0.4, 0.5) is 0 Å². The number of benzene rings is 1. The fourth-order valence-corrected chi connectivity index (χ4v) is 4.14. The zero-order chi connectivity index (χ0) is 19.5. The van der Waals surface area contributed by atoms with Crippen molar-refractivity contribution in [2.75, 3.05) is 12.9 Å². The summed E-state index contributed by atoms with van der Waals surface area (Å²) in [5, 5.41) is 9.51. The van der Waals surface area contributed by atoms with Crippen LogP contribution in [0.2, 0.25) is 0 Å². The Bertz CT molecular complexity index is 841. The molecule has 6 nitrogen and oxygen atoms in total. The molecule has 0 aliphatic heterocycles. The molecule has 2 saturated carbocycles. The molecule has 2 aromatic rings. The quantitative estimate of drug-likeness (QED) is 0.452. The van der Waals surface area contributed by atoms with Gasteiger partial charge in [0.2, 0.25) is 5.91 Å². The maximum Gasteiger partial charge on any atom is 0.233 e. The summed E-state index contributed by atoms with van der Waals surface area (Å²) in [6, 6.07) is 8.30. The number of carbonyl (C=O) groups excluding carboxylic acids is 1. The molecule has 0 unspecified atom stereocenters. The van der Waals surface area contributed by atoms with Gasteiger partial charge in [0.15, 0.2) is 5.16 Å². The lowest BCUT2D eigenvalue weighted by Gasteiger charge is -2.22. The molecule has 0 bridgehead atoms. The third kappa shape index (κ3) is 4.41. The third-order valence-corrected chi connectivity index (χ3v) is 6.10. The summed E-state index contributed by atoms with van der Waals surface area (Å²) < 4.78 is 7.32. The summed E-state index contributed by atoms with van der Waals surface area (Å²) in [5.74, 6) is 2.93. The highest BCUT2D eigenvalue weighted by molar-refractivity contribution is 7.99. The maximum atomic E-state index is 13.0. The van der Waals surface area contributed by atoms with E-state index in [2.05, 4.69) is 21.3 Å². The molecule has 0 spiro atoms. The van der Waals surface area contributed by atoms with Crippen LogP contribution >= 0.6 is 11.8 Å². The van der Waals surface area contributed by atoms with Crippen LogP contribution < -0.4 is 4.74 Å². The van der Waals surface area contributed by atoms with Crippen molar-refractivity contribution in [3.8, 4) is 5.75 Å². The van der Waals surface area contributed by atoms with Crippen molar-refractivity contribution in [1.82, 2.24) is 19.7 Å². The molecule has 0 N–H and O–H groups in total. The van der Waals surface area contributed by atoms with E-state index in [0.29, 0.717) is 30.8 Å². The van der Waals surface area contributed by atoms with E-state index in [-0.39, 0.29) is 5.91 Å². The molecule has 4 rings (SSSR count). The Labute approximate surface area is 170 Å². The van der Waals surface area contributed by atoms with Gasteiger partial charge in [0.05, 0.1) is 12.9 Å². The highest BCUT2D eigenvalue weighted by Gasteiger charge is 2.33. The Balaban J connectivity index is 1.40. The van der Waals surface area contributed by atoms with Gasteiger partial charge in [-0.3, -0.25) is 4.79 Å². The number of amides is 1. The molecule has 2 fully saturated rings. The Morgan fingerprint density at radius 2 is 2.04 bits per heavy atom. The molecule has 1 heterocycles. The Morgan fingerprint density at radius 3 is 2.64 bits per heavy atom. The standard InChI is InChI=1S/C21H26N4O2S/c1-3-12-24-20(16-6-7-16)22-23-21(24)28-14-19(26)25(17-8-9-17)13-15-4-10-18(27-2)11-5-15/h3-5,10-11,16-17H,1,6-9,12-14H2,2H3. The number of rotatable bonds is 10. The van der Waals surface area contributed by atoms with E-state index in [4.69, 9.17) is 4.74 Å². The third-order valence-electron chi connectivity index (χ3n) is 5.14. The van der Waals surface area contributed by atoms with E-state index in [9.17, 15) is 4.79 Å². The van der Waals surface area contributed by atoms with Gasteiger partial charge in [-0.2, -0.15) is 0 Å². The lowest BCUT2D eigenvalue weighted by molar-refractivity contribution is -0.129. The summed E-state index contributed by atoms with van der Waals surface area (Å²) >= 11 is 1.48. The van der Waals surface area contributed by atoms with Gasteiger partial charge >= 0.3 is 0 Å². The fraction of sp³-hybridized carbons (Fsp3) is 0.476. The molecule has 7 heteroatoms. The van der Waals surface area contributed by atoms with Crippen molar-refractivity contribution in [3.05, 3.63) is 48.3 Å². The summed E-state index contributed by atoms with van der Waals surface area (Å²) in [7, 11) is 1.66. The smallest absolute Gasteiger partial charge is 0.233 e. The highest BCUT2D eigenvalue weighted by atomic mass is 32.2. The van der Waals surface area contributed by atoms with E-state index >= 15 is 0 Å². The van der Waals surface area contributed by atoms with Crippen molar-refractivity contribution >= 4 is 17.7 Å². The molecule has 0 saturated heterocycles. The molecule has 2 aliphatic rings. The molecule has 1 aromatic carbocycles. The molecule has 0 radical (unpaired) electrons. The first-order valence-electron chi connectivity index (χ1n) is 9.78. The van der Waals surface area contributed by atoms with Crippen LogP contribution in [0.15, 0.2) is 42.1 Å². The molecule has 1 amide bonds. The summed E-state index contributed by atoms with van der Waals surface area (Å²) in [6.07, 6.45) is 6.39. The minimum Gasteiger partial charge on any atom is -0.497 e. The van der Waals surface area contributed by atoms with E-state index in [0.717, 1.165) is 35.1 Å². The van der Waals surface area contributed by atoms with Crippen LogP contribution in [0.5, 0.6) is 5.75 Å². The van der Waals surface area contributed by atoms with Gasteiger partial charge in [0, 0.05) is 25.0 Å². The minimum absolute atomic E-state index is 0.157. The second-order valence-electron chi connectivity index (χ2n) is 7.40. The first-order valence-corrected chi connectivity index (χ1v) is 10.8. The number of hydrogen-bond donors (Lipinski definition) is 0. The van der Waals surface area contributed by atoms with Crippen molar-refractivity contribution in [2.24, 2.45) is 0 Å². The van der Waals surface area contributed by atoms with Crippen LogP contribution in [-0.4, -0.2) is 44.5 Å². The zero-order valence-corrected chi connectivity index (χ0v) is 17.0. The molecule has 0 atom stereocenters. The molecule has 28 heavy (non-hydrogen) atoms. The molecule has 148 valence electrons. The van der Waals surface area contributed by atoms with Crippen molar-refractivity contribution in [3.63, 3.8) is 0 Å². The number of aromatic nitrogens is 3. The largest absolute Gasteiger partial charge is 0.497 e. The normalized spacial score (nSPS) is 16.0. The predicted octanol–water partition coefficient (Wildman–Crippen LogP) is 3.63. The predicted molar refractivity (Wildman–Crippen MR) is 109 cm³/mol. The number of ether oxygens (including phenoxy) is 1. The maximum absolute atomic E-state index is 13.0. The number of methoxy groups -OCH3 is 1. The van der Waals surface area contributed by atoms with E-state index in [1.165, 1.54) is 24.6 Å². The number of thioether (sulfide) groups is 1. The van der Waals surface area contributed by atoms with Crippen LogP contribution in [0.3, 0.4) is 0 Å². The minimum atomic E-state index is 0.157. The van der Waals surface area contributed by atoms with Gasteiger partial charge in [-0.05, 0) is 43.4 Å². The molecule has 1 aromatic heterocycles. The summed E-state index contributed by atoms with van der Waals surface area (Å²) in [4.78, 5) is 15.0. The lowest BCUT2D eigenvalue weighted by atomic mass is 10.2. The van der Waals surface area contributed by atoms with Crippen LogP contribution in [-0.2, 0) is 17.9 Å². The summed E-state index contributed by atoms with van der Waals surface area (Å²) in [5.41, 5.74) is 1.12. The second kappa shape index (κ2) is 8.39. The number of carbonyl (C=O) groups is 1. The van der Waals surface area contributed by atoms with Gasteiger partial charge in [0.25, 0.3) is 0 Å². The fourth-order valence-electron chi connectivity index (χ4n) is 3.29. The lowest BCUT2D eigenvalue weighted by Crippen LogP contribution is -2.34. The van der Waals surface area contributed by atoms with Crippen LogP contribution in [0.1, 0.15) is 43.0 Å². The Kier molecular flexibility index (Phi) is 5.71. The van der Waals surface area contributed by atoms with E-state index < -0.39 is 0 Å². The van der Waals surface area contributed by atoms with Gasteiger partial charge in [-0.25, -0.2) is 0 Å². The Morgan fingerprint density at radius 1 is 1.29 bits per heavy atom. The van der Waals surface area contributed by atoms with Crippen LogP contribution in [0, 0.1) is 0 Å². The Hall–Kier alpha value is -2.28. The average Bonchev–Trinajstić information content (AvgIpc) is 3.64. The number of hydrogen-bond acceptors (Lipinski definition) is 5. The van der Waals surface area contributed by atoms with Crippen LogP contribution in [0.25, 0.3) is 0 Å². The second-order valence-corrected chi connectivity index (χ2v) is 8.35. The zero-order valence-electron chi connectivity index (χ0n) is 16.2. The van der Waals surface area contributed by atoms with Crippen molar-refractivity contribution in [1.29, 1.82) is 0 Å². The average molecular weight is 399 g/mol. The molecule has 2 aliphatic carbocycles. The monoisotopic (exact) mass is 398 g/mol. The van der Waals surface area contributed by atoms with Gasteiger partial charge in [-0.1, -0.05) is 30.0 Å². The topological polar surface area (TPSA) is 60.2 Å². The van der Waals surface area contributed by atoms with Crippen molar-refractivity contribution in [2.45, 2.75) is 55.9 Å². The highest BCUT2D eigenvalue weighted by Crippen LogP contribution is 2.40.